The Kier molecular flexibility index (Phi) is 4.45. The third-order valence-electron chi connectivity index (χ3n) is 7.51. The first-order valence-electron chi connectivity index (χ1n) is 11.8. The quantitative estimate of drug-likeness (QED) is 0.356. The monoisotopic (exact) mass is 498 g/mol. The van der Waals surface area contributed by atoms with Gasteiger partial charge in [-0.2, -0.15) is 0 Å². The number of amides is 3. The lowest BCUT2D eigenvalue weighted by atomic mass is 9.93. The maximum atomic E-state index is 14.2. The number of urea groups is 1. The highest BCUT2D eigenvalue weighted by atomic mass is 35.5. The number of hydrogen-bond donors (Lipinski definition) is 2. The number of aromatic nitrogens is 1. The average Bonchev–Trinajstić information content (AvgIpc) is 3.42. The van der Waals surface area contributed by atoms with E-state index in [0.29, 0.717) is 38.3 Å². The highest BCUT2D eigenvalue weighted by molar-refractivity contribution is 6.31. The van der Waals surface area contributed by atoms with Gasteiger partial charge < -0.3 is 10.6 Å². The molecular weight excluding hydrogens is 479 g/mol. The fraction of sp³-hybridized carbons (Fsp3) is 0.179. The number of hydrogen-bond acceptors (Lipinski definition) is 3. The summed E-state index contributed by atoms with van der Waals surface area (Å²) in [5.74, 6) is -0.788. The zero-order valence-corrected chi connectivity index (χ0v) is 19.8. The third kappa shape index (κ3) is 3.05. The highest BCUT2D eigenvalue weighted by Crippen LogP contribution is 2.53. The van der Waals surface area contributed by atoms with Crippen LogP contribution in [0.3, 0.4) is 0 Å². The van der Waals surface area contributed by atoms with Crippen LogP contribution in [0.25, 0.3) is 10.9 Å². The zero-order valence-electron chi connectivity index (χ0n) is 19.0. The number of nitrogens with zero attached hydrogens (tertiary/aromatic N) is 2. The van der Waals surface area contributed by atoms with Crippen molar-refractivity contribution >= 4 is 45.8 Å². The molecule has 1 aliphatic carbocycles. The number of fused-ring (bicyclic) bond motifs is 4. The molecule has 0 radical (unpaired) electrons. The lowest BCUT2D eigenvalue weighted by Gasteiger charge is -2.27. The minimum absolute atomic E-state index is 0.203. The molecule has 1 aromatic heterocycles. The van der Waals surface area contributed by atoms with Gasteiger partial charge in [0.25, 0.3) is 5.91 Å². The van der Waals surface area contributed by atoms with Gasteiger partial charge in [0.1, 0.15) is 5.82 Å². The van der Waals surface area contributed by atoms with Crippen LogP contribution in [0.2, 0.25) is 5.02 Å². The molecule has 2 N–H and O–H groups in total. The Morgan fingerprint density at radius 3 is 2.81 bits per heavy atom. The molecule has 7 rings (SSSR count). The average molecular weight is 499 g/mol. The molecule has 3 aromatic carbocycles. The van der Waals surface area contributed by atoms with E-state index in [1.807, 2.05) is 29.2 Å². The number of anilines is 2. The second-order valence-electron chi connectivity index (χ2n) is 9.65. The number of carbonyl (C=O) groups is 2. The van der Waals surface area contributed by atoms with Gasteiger partial charge in [-0.05, 0) is 61.2 Å². The minimum atomic E-state index is -0.726. The molecule has 3 amide bonds. The number of nitrogens with one attached hydrogen (secondary N) is 2. The van der Waals surface area contributed by atoms with E-state index in [9.17, 15) is 14.0 Å². The lowest BCUT2D eigenvalue weighted by molar-refractivity contribution is 0.0962. The van der Waals surface area contributed by atoms with Crippen LogP contribution < -0.4 is 15.5 Å². The normalized spacial score (nSPS) is 18.8. The van der Waals surface area contributed by atoms with Gasteiger partial charge in [-0.15, -0.1) is 0 Å². The Morgan fingerprint density at radius 1 is 1.14 bits per heavy atom. The molecule has 8 heteroatoms. The van der Waals surface area contributed by atoms with Crippen molar-refractivity contribution in [1.29, 1.82) is 0 Å². The van der Waals surface area contributed by atoms with Gasteiger partial charge in [0.15, 0.2) is 0 Å². The summed E-state index contributed by atoms with van der Waals surface area (Å²) in [6.07, 6.45) is 4.35. The van der Waals surface area contributed by atoms with E-state index in [1.54, 1.807) is 18.3 Å². The van der Waals surface area contributed by atoms with Gasteiger partial charge in [0.2, 0.25) is 0 Å². The standard InChI is InChI=1S/C28H20ClFN4O2/c29-19-8-7-16(30)12-18(19)25-24-21(13-20-17(5-3-11-31-20)23(24)26(35)33-25)32-27(36)34-22-6-2-1-4-15(22)14-28(34)9-10-28/h1-8,11-13,25H,9-10,14H2,(H,32,36)(H,33,35). The van der Waals surface area contributed by atoms with Crippen molar-refractivity contribution in [2.45, 2.75) is 30.8 Å². The van der Waals surface area contributed by atoms with Crippen LogP contribution in [0, 0.1) is 5.82 Å². The Hall–Kier alpha value is -3.97. The van der Waals surface area contributed by atoms with Crippen molar-refractivity contribution in [2.75, 3.05) is 10.2 Å². The number of rotatable bonds is 2. The Balaban J connectivity index is 1.38. The van der Waals surface area contributed by atoms with Gasteiger partial charge in [-0.25, -0.2) is 9.18 Å². The van der Waals surface area contributed by atoms with Gasteiger partial charge in [-0.1, -0.05) is 35.9 Å². The van der Waals surface area contributed by atoms with Gasteiger partial charge in [-0.3, -0.25) is 14.7 Å². The van der Waals surface area contributed by atoms with E-state index in [-0.39, 0.29) is 17.5 Å². The molecule has 2 aliphatic heterocycles. The van der Waals surface area contributed by atoms with Crippen molar-refractivity contribution in [1.82, 2.24) is 10.3 Å². The van der Waals surface area contributed by atoms with E-state index < -0.39 is 11.9 Å². The summed E-state index contributed by atoms with van der Waals surface area (Å²) in [5.41, 5.74) is 4.26. The fourth-order valence-corrected chi connectivity index (χ4v) is 5.97. The molecule has 1 atom stereocenters. The van der Waals surface area contributed by atoms with E-state index in [0.717, 1.165) is 30.5 Å². The predicted octanol–water partition coefficient (Wildman–Crippen LogP) is 5.99. The van der Waals surface area contributed by atoms with Crippen molar-refractivity contribution in [3.05, 3.63) is 100.0 Å². The van der Waals surface area contributed by atoms with Crippen LogP contribution in [-0.2, 0) is 6.42 Å². The highest BCUT2D eigenvalue weighted by Gasteiger charge is 2.55. The lowest BCUT2D eigenvalue weighted by Crippen LogP contribution is -2.42. The van der Waals surface area contributed by atoms with Gasteiger partial charge in [0, 0.05) is 33.4 Å². The summed E-state index contributed by atoms with van der Waals surface area (Å²) < 4.78 is 14.2. The number of halogens is 2. The van der Waals surface area contributed by atoms with E-state index in [4.69, 9.17) is 11.6 Å². The molecule has 3 heterocycles. The maximum absolute atomic E-state index is 14.2. The van der Waals surface area contributed by atoms with Crippen LogP contribution in [0.1, 0.15) is 45.9 Å². The smallest absolute Gasteiger partial charge is 0.326 e. The molecule has 1 fully saturated rings. The molecule has 3 aliphatic rings. The SMILES string of the molecule is O=C1NC(c2cc(F)ccc2Cl)c2c(NC(=O)N3c4ccccc4CC34CC4)cc3ncccc3c21. The van der Waals surface area contributed by atoms with Crippen molar-refractivity contribution in [2.24, 2.45) is 0 Å². The van der Waals surface area contributed by atoms with Crippen molar-refractivity contribution in [3.63, 3.8) is 0 Å². The first kappa shape index (κ1) is 21.3. The van der Waals surface area contributed by atoms with Gasteiger partial charge in [0.05, 0.1) is 28.3 Å². The second-order valence-corrected chi connectivity index (χ2v) is 10.1. The zero-order chi connectivity index (χ0) is 24.6. The molecule has 4 aromatic rings. The largest absolute Gasteiger partial charge is 0.341 e. The second kappa shape index (κ2) is 7.51. The van der Waals surface area contributed by atoms with Crippen LogP contribution in [-0.4, -0.2) is 22.5 Å². The molecule has 6 nitrogen and oxygen atoms in total. The molecule has 1 saturated carbocycles. The molecule has 1 unspecified atom stereocenters. The van der Waals surface area contributed by atoms with E-state index >= 15 is 0 Å². The summed E-state index contributed by atoms with van der Waals surface area (Å²) in [4.78, 5) is 33.3. The van der Waals surface area contributed by atoms with Gasteiger partial charge >= 0.3 is 6.03 Å². The number of carbonyl (C=O) groups excluding carboxylic acids is 2. The summed E-state index contributed by atoms with van der Waals surface area (Å²) in [6.45, 7) is 0. The topological polar surface area (TPSA) is 74.3 Å². The molecular formula is C28H20ClFN4O2. The number of pyridine rings is 1. The fourth-order valence-electron chi connectivity index (χ4n) is 5.74. The Morgan fingerprint density at radius 2 is 1.97 bits per heavy atom. The van der Waals surface area contributed by atoms with Crippen LogP contribution in [0.5, 0.6) is 0 Å². The van der Waals surface area contributed by atoms with Crippen molar-refractivity contribution < 1.29 is 14.0 Å². The summed E-state index contributed by atoms with van der Waals surface area (Å²) >= 11 is 6.45. The molecule has 0 saturated heterocycles. The predicted molar refractivity (Wildman–Crippen MR) is 136 cm³/mol. The van der Waals surface area contributed by atoms with E-state index in [2.05, 4.69) is 21.7 Å². The Bertz CT molecular complexity index is 1620. The Labute approximate surface area is 211 Å². The van der Waals surface area contributed by atoms with Crippen LogP contribution >= 0.6 is 11.6 Å². The minimum Gasteiger partial charge on any atom is -0.341 e. The number of benzene rings is 3. The summed E-state index contributed by atoms with van der Waals surface area (Å²) in [7, 11) is 0. The summed E-state index contributed by atoms with van der Waals surface area (Å²) in [6, 6.07) is 16.4. The van der Waals surface area contributed by atoms with Crippen molar-refractivity contribution in [3.8, 4) is 0 Å². The van der Waals surface area contributed by atoms with Crippen LogP contribution in [0.15, 0.2) is 66.9 Å². The van der Waals surface area contributed by atoms with E-state index in [1.165, 1.54) is 18.2 Å². The first-order chi connectivity index (χ1) is 17.4. The molecule has 178 valence electrons. The van der Waals surface area contributed by atoms with Crippen LogP contribution in [0.4, 0.5) is 20.6 Å². The molecule has 0 bridgehead atoms. The first-order valence-corrected chi connectivity index (χ1v) is 12.2. The molecule has 1 spiro atoms. The third-order valence-corrected chi connectivity index (χ3v) is 7.85. The summed E-state index contributed by atoms with van der Waals surface area (Å²) in [5, 5.41) is 7.00. The number of para-hydroxylation sites is 1. The molecule has 36 heavy (non-hydrogen) atoms. The maximum Gasteiger partial charge on any atom is 0.326 e.